The summed E-state index contributed by atoms with van der Waals surface area (Å²) < 4.78 is 12.2. The first-order valence-electron chi connectivity index (χ1n) is 9.21. The summed E-state index contributed by atoms with van der Waals surface area (Å²) in [5, 5.41) is 44.8. The minimum absolute atomic E-state index is 0.227. The molecule has 1 saturated heterocycles. The van der Waals surface area contributed by atoms with Crippen molar-refractivity contribution in [2.24, 2.45) is 0 Å². The van der Waals surface area contributed by atoms with Crippen LogP contribution in [0.2, 0.25) is 0 Å². The fourth-order valence-corrected chi connectivity index (χ4v) is 3.26. The second-order valence-corrected chi connectivity index (χ2v) is 6.75. The van der Waals surface area contributed by atoms with Crippen LogP contribution in [0, 0.1) is 0 Å². The molecule has 4 N–H and O–H groups in total. The van der Waals surface area contributed by atoms with Crippen LogP contribution in [0.3, 0.4) is 0 Å². The lowest BCUT2D eigenvalue weighted by Crippen LogP contribution is -2.56. The third-order valence-electron chi connectivity index (χ3n) is 4.86. The van der Waals surface area contributed by atoms with E-state index in [1.165, 1.54) is 23.3 Å². The molecule has 0 radical (unpaired) electrons. The zero-order chi connectivity index (χ0) is 21.3. The Kier molecular flexibility index (Phi) is 5.70. The minimum atomic E-state index is -1.56. The molecule has 0 saturated carbocycles. The van der Waals surface area contributed by atoms with E-state index in [1.54, 1.807) is 31.4 Å². The molecule has 158 valence electrons. The van der Waals surface area contributed by atoms with Gasteiger partial charge in [0.1, 0.15) is 35.9 Å². The lowest BCUT2D eigenvalue weighted by atomic mass is 9.98. The van der Waals surface area contributed by atoms with E-state index in [2.05, 4.69) is 20.1 Å². The highest BCUT2D eigenvalue weighted by molar-refractivity contribution is 5.61. The zero-order valence-electron chi connectivity index (χ0n) is 16.0. The van der Waals surface area contributed by atoms with Crippen molar-refractivity contribution in [3.63, 3.8) is 0 Å². The lowest BCUT2D eigenvalue weighted by molar-refractivity contribution is -0.253. The molecule has 3 heterocycles. The fourth-order valence-electron chi connectivity index (χ4n) is 3.26. The van der Waals surface area contributed by atoms with E-state index in [1.807, 2.05) is 0 Å². The number of rotatable bonds is 5. The van der Waals surface area contributed by atoms with Gasteiger partial charge in [-0.2, -0.15) is 0 Å². The summed E-state index contributed by atoms with van der Waals surface area (Å²) >= 11 is 0. The molecule has 30 heavy (non-hydrogen) atoms. The minimum Gasteiger partial charge on any atom is -0.497 e. The van der Waals surface area contributed by atoms with Gasteiger partial charge in [-0.25, -0.2) is 14.6 Å². The lowest BCUT2D eigenvalue weighted by Gasteiger charge is -2.40. The number of hydrogen-bond acceptors (Lipinski definition) is 10. The van der Waals surface area contributed by atoms with Crippen molar-refractivity contribution in [1.29, 1.82) is 0 Å². The summed E-state index contributed by atoms with van der Waals surface area (Å²) in [6, 6.07) is 7.09. The molecule has 4 rings (SSSR count). The molecule has 0 spiro atoms. The van der Waals surface area contributed by atoms with Gasteiger partial charge in [0, 0.05) is 18.0 Å². The third kappa shape index (κ3) is 3.64. The molecule has 11 heteroatoms. The average Bonchev–Trinajstić information content (AvgIpc) is 3.23. The number of ether oxygens (including phenoxy) is 2. The second-order valence-electron chi connectivity index (χ2n) is 6.75. The van der Waals surface area contributed by atoms with Crippen molar-refractivity contribution >= 4 is 0 Å². The van der Waals surface area contributed by atoms with Crippen LogP contribution in [-0.4, -0.2) is 83.3 Å². The summed E-state index contributed by atoms with van der Waals surface area (Å²) in [6.07, 6.45) is -2.44. The highest BCUT2D eigenvalue weighted by Crippen LogP contribution is 2.32. The number of methoxy groups -OCH3 is 1. The maximum Gasteiger partial charge on any atom is 0.182 e. The van der Waals surface area contributed by atoms with Gasteiger partial charge in [0.25, 0.3) is 0 Å². The van der Waals surface area contributed by atoms with E-state index in [0.717, 1.165) is 0 Å². The van der Waals surface area contributed by atoms with E-state index in [0.29, 0.717) is 22.8 Å². The number of hydrogen-bond donors (Lipinski definition) is 4. The Bertz CT molecular complexity index is 998. The first-order chi connectivity index (χ1) is 14.5. The summed E-state index contributed by atoms with van der Waals surface area (Å²) in [7, 11) is 1.55. The molecule has 1 fully saturated rings. The van der Waals surface area contributed by atoms with Crippen molar-refractivity contribution in [2.45, 2.75) is 30.6 Å². The molecule has 5 atom stereocenters. The quantitative estimate of drug-likeness (QED) is 0.424. The first kappa shape index (κ1) is 20.3. The van der Waals surface area contributed by atoms with Crippen molar-refractivity contribution in [2.75, 3.05) is 13.7 Å². The Balaban J connectivity index is 1.82. The molecule has 3 aromatic rings. The van der Waals surface area contributed by atoms with E-state index < -0.39 is 37.3 Å². The highest BCUT2D eigenvalue weighted by Gasteiger charge is 2.45. The topological polar surface area (TPSA) is 156 Å². The van der Waals surface area contributed by atoms with Gasteiger partial charge in [0.05, 0.1) is 19.9 Å². The summed E-state index contributed by atoms with van der Waals surface area (Å²) in [5.41, 5.74) is 0.999. The van der Waals surface area contributed by atoms with Crippen LogP contribution < -0.4 is 4.74 Å². The van der Waals surface area contributed by atoms with Crippen LogP contribution in [0.5, 0.6) is 5.75 Å². The second kappa shape index (κ2) is 8.42. The van der Waals surface area contributed by atoms with Crippen LogP contribution in [0.4, 0.5) is 0 Å². The van der Waals surface area contributed by atoms with Gasteiger partial charge in [-0.1, -0.05) is 12.1 Å². The van der Waals surface area contributed by atoms with Gasteiger partial charge >= 0.3 is 0 Å². The monoisotopic (exact) mass is 415 g/mol. The SMILES string of the molecule is COc1cccc(-c2nc(-c3cnccn3)n(C3OC(CO)C(O)C(O)C3O)n2)c1. The predicted molar refractivity (Wildman–Crippen MR) is 102 cm³/mol. The standard InChI is InChI=1S/C19H21N5O6/c1-29-11-4-2-3-10(7-11)17-22-18(12-8-20-5-6-21-12)24(23-17)19-16(28)15(27)14(26)13(9-25)30-19/h2-8,13-16,19,25-28H,9H2,1H3. The van der Waals surface area contributed by atoms with Gasteiger partial charge < -0.3 is 29.9 Å². The fraction of sp³-hybridized carbons (Fsp3) is 0.368. The van der Waals surface area contributed by atoms with Gasteiger partial charge in [0.2, 0.25) is 0 Å². The van der Waals surface area contributed by atoms with E-state index in [9.17, 15) is 20.4 Å². The molecular formula is C19H21N5O6. The van der Waals surface area contributed by atoms with E-state index >= 15 is 0 Å². The first-order valence-corrected chi connectivity index (χ1v) is 9.21. The molecule has 1 aromatic carbocycles. The number of benzene rings is 1. The van der Waals surface area contributed by atoms with E-state index in [-0.39, 0.29) is 5.82 Å². The molecule has 2 aromatic heterocycles. The molecule has 11 nitrogen and oxygen atoms in total. The van der Waals surface area contributed by atoms with Crippen molar-refractivity contribution in [1.82, 2.24) is 24.7 Å². The molecule has 1 aliphatic heterocycles. The summed E-state index contributed by atoms with van der Waals surface area (Å²) in [4.78, 5) is 12.8. The van der Waals surface area contributed by atoms with Gasteiger partial charge in [-0.15, -0.1) is 5.10 Å². The maximum absolute atomic E-state index is 10.5. The van der Waals surface area contributed by atoms with Crippen LogP contribution in [-0.2, 0) is 4.74 Å². The number of aliphatic hydroxyl groups is 4. The maximum atomic E-state index is 10.5. The normalized spacial score (nSPS) is 26.5. The highest BCUT2D eigenvalue weighted by atomic mass is 16.6. The van der Waals surface area contributed by atoms with Crippen LogP contribution in [0.1, 0.15) is 6.23 Å². The average molecular weight is 415 g/mol. The molecule has 0 amide bonds. The Hall–Kier alpha value is -2.96. The van der Waals surface area contributed by atoms with Gasteiger partial charge in [-0.05, 0) is 12.1 Å². The Morgan fingerprint density at radius 3 is 2.67 bits per heavy atom. The predicted octanol–water partition coefficient (Wildman–Crippen LogP) is -0.617. The number of aromatic nitrogens is 5. The van der Waals surface area contributed by atoms with Crippen LogP contribution in [0.15, 0.2) is 42.9 Å². The van der Waals surface area contributed by atoms with Gasteiger partial charge in [0.15, 0.2) is 17.9 Å². The van der Waals surface area contributed by atoms with Gasteiger partial charge in [-0.3, -0.25) is 4.98 Å². The number of aliphatic hydroxyl groups excluding tert-OH is 4. The molecule has 0 bridgehead atoms. The van der Waals surface area contributed by atoms with E-state index in [4.69, 9.17) is 9.47 Å². The van der Waals surface area contributed by atoms with Crippen molar-refractivity contribution in [3.8, 4) is 28.7 Å². The largest absolute Gasteiger partial charge is 0.497 e. The zero-order valence-corrected chi connectivity index (χ0v) is 16.0. The van der Waals surface area contributed by atoms with Crippen LogP contribution >= 0.6 is 0 Å². The van der Waals surface area contributed by atoms with Crippen LogP contribution in [0.25, 0.3) is 22.9 Å². The van der Waals surface area contributed by atoms with Crippen molar-refractivity contribution in [3.05, 3.63) is 42.9 Å². The molecule has 0 aliphatic carbocycles. The summed E-state index contributed by atoms with van der Waals surface area (Å²) in [5.74, 6) is 1.13. The third-order valence-corrected chi connectivity index (χ3v) is 4.86. The Labute approximate surface area is 171 Å². The molecule has 1 aliphatic rings. The number of nitrogens with zero attached hydrogens (tertiary/aromatic N) is 5. The smallest absolute Gasteiger partial charge is 0.182 e. The Morgan fingerprint density at radius 1 is 1.13 bits per heavy atom. The Morgan fingerprint density at radius 2 is 1.97 bits per heavy atom. The molecular weight excluding hydrogens is 394 g/mol. The summed E-state index contributed by atoms with van der Waals surface area (Å²) in [6.45, 7) is -0.556. The van der Waals surface area contributed by atoms with Crippen molar-refractivity contribution < 1.29 is 29.9 Å². The molecule has 5 unspecified atom stereocenters.